The van der Waals surface area contributed by atoms with E-state index >= 15 is 0 Å². The summed E-state index contributed by atoms with van der Waals surface area (Å²) in [6.07, 6.45) is 8.65. The van der Waals surface area contributed by atoms with Gasteiger partial charge in [-0.15, -0.1) is 0 Å². The van der Waals surface area contributed by atoms with Gasteiger partial charge in [-0.1, -0.05) is 65.5 Å². The predicted octanol–water partition coefficient (Wildman–Crippen LogP) is 8.89. The van der Waals surface area contributed by atoms with Gasteiger partial charge in [0.05, 0.1) is 0 Å². The zero-order chi connectivity index (χ0) is 25.6. The highest BCUT2D eigenvalue weighted by Gasteiger charge is 2.59. The Bertz CT molecular complexity index is 802. The van der Waals surface area contributed by atoms with E-state index in [0.29, 0.717) is 24.2 Å². The highest BCUT2D eigenvalue weighted by molar-refractivity contribution is 5.70. The first-order valence-electron chi connectivity index (χ1n) is 14.3. The highest BCUT2D eigenvalue weighted by Crippen LogP contribution is 2.67. The van der Waals surface area contributed by atoms with E-state index in [2.05, 4.69) is 40.7 Å². The molecule has 0 unspecified atom stereocenters. The van der Waals surface area contributed by atoms with E-state index in [1.54, 1.807) is 0 Å². The van der Waals surface area contributed by atoms with E-state index in [4.69, 9.17) is 4.74 Å². The lowest BCUT2D eigenvalue weighted by Gasteiger charge is -2.58. The van der Waals surface area contributed by atoms with Gasteiger partial charge >= 0.3 is 12.1 Å². The number of hydrogen-bond acceptors (Lipinski definition) is 2. The number of rotatable bonds is 7. The van der Waals surface area contributed by atoms with Gasteiger partial charge in [0, 0.05) is 6.42 Å². The number of carbonyl (C=O) groups excluding carboxylic acids is 1. The predicted molar refractivity (Wildman–Crippen MR) is 134 cm³/mol. The lowest BCUT2D eigenvalue weighted by molar-refractivity contribution is -0.177. The third kappa shape index (κ3) is 5.49. The topological polar surface area (TPSA) is 26.3 Å². The van der Waals surface area contributed by atoms with Crippen molar-refractivity contribution in [3.63, 3.8) is 0 Å². The van der Waals surface area contributed by atoms with Crippen molar-refractivity contribution in [3.05, 3.63) is 11.6 Å². The fourth-order valence-corrected chi connectivity index (χ4v) is 9.14. The van der Waals surface area contributed by atoms with Crippen LogP contribution in [0.2, 0.25) is 0 Å². The van der Waals surface area contributed by atoms with Crippen LogP contribution in [0.15, 0.2) is 11.6 Å². The summed E-state index contributed by atoms with van der Waals surface area (Å²) >= 11 is 0. The normalized spacial score (nSPS) is 39.9. The number of esters is 1. The molecule has 35 heavy (non-hydrogen) atoms. The maximum Gasteiger partial charge on any atom is 0.399 e. The molecule has 4 aliphatic rings. The quantitative estimate of drug-likeness (QED) is 0.260. The molecule has 0 heterocycles. The van der Waals surface area contributed by atoms with Gasteiger partial charge in [0.2, 0.25) is 0 Å². The van der Waals surface area contributed by atoms with Gasteiger partial charge < -0.3 is 4.74 Å². The second kappa shape index (κ2) is 10.0. The maximum absolute atomic E-state index is 12.6. The van der Waals surface area contributed by atoms with Crippen molar-refractivity contribution in [2.75, 3.05) is 0 Å². The number of halogens is 3. The van der Waals surface area contributed by atoms with Gasteiger partial charge in [0.25, 0.3) is 0 Å². The summed E-state index contributed by atoms with van der Waals surface area (Å²) in [4.78, 5) is 11.8. The van der Waals surface area contributed by atoms with Crippen molar-refractivity contribution in [3.8, 4) is 0 Å². The van der Waals surface area contributed by atoms with Crippen LogP contribution in [0, 0.1) is 46.3 Å². The molecule has 4 aliphatic carbocycles. The lowest BCUT2D eigenvalue weighted by Crippen LogP contribution is -2.51. The van der Waals surface area contributed by atoms with E-state index < -0.39 is 24.7 Å². The summed E-state index contributed by atoms with van der Waals surface area (Å²) in [5.74, 6) is 3.46. The first-order chi connectivity index (χ1) is 16.3. The van der Waals surface area contributed by atoms with Gasteiger partial charge in [-0.3, -0.25) is 4.79 Å². The van der Waals surface area contributed by atoms with Crippen molar-refractivity contribution >= 4 is 5.97 Å². The zero-order valence-corrected chi connectivity index (χ0v) is 22.6. The van der Waals surface area contributed by atoms with Crippen molar-refractivity contribution in [2.45, 2.75) is 124 Å². The molecule has 200 valence electrons. The summed E-state index contributed by atoms with van der Waals surface area (Å²) in [7, 11) is 0. The number of ether oxygens (including phenoxy) is 1. The zero-order valence-electron chi connectivity index (χ0n) is 22.6. The molecule has 0 aromatic carbocycles. The van der Waals surface area contributed by atoms with Gasteiger partial charge in [-0.2, -0.15) is 13.2 Å². The average molecular weight is 497 g/mol. The van der Waals surface area contributed by atoms with Crippen LogP contribution in [0.5, 0.6) is 0 Å². The van der Waals surface area contributed by atoms with Crippen LogP contribution in [-0.4, -0.2) is 18.2 Å². The molecule has 0 N–H and O–H groups in total. The molecular formula is C30H47F3O2. The number of carbonyl (C=O) groups is 1. The second-order valence-corrected chi connectivity index (χ2v) is 13.4. The van der Waals surface area contributed by atoms with Crippen LogP contribution < -0.4 is 0 Å². The Kier molecular flexibility index (Phi) is 7.76. The van der Waals surface area contributed by atoms with Gasteiger partial charge in [-0.25, -0.2) is 0 Å². The van der Waals surface area contributed by atoms with Crippen LogP contribution in [0.3, 0.4) is 0 Å². The lowest BCUT2D eigenvalue weighted by atomic mass is 9.47. The van der Waals surface area contributed by atoms with Gasteiger partial charge in [0.15, 0.2) is 0 Å². The van der Waals surface area contributed by atoms with Crippen LogP contribution in [0.4, 0.5) is 13.2 Å². The maximum atomic E-state index is 12.6. The monoisotopic (exact) mass is 496 g/mol. The molecule has 0 aliphatic heterocycles. The molecule has 0 saturated heterocycles. The summed E-state index contributed by atoms with van der Waals surface area (Å²) in [6, 6.07) is 0. The molecule has 5 heteroatoms. The molecule has 4 rings (SSSR count). The third-order valence-electron chi connectivity index (χ3n) is 10.9. The van der Waals surface area contributed by atoms with E-state index in [1.807, 2.05) is 0 Å². The van der Waals surface area contributed by atoms with E-state index in [1.165, 1.54) is 50.5 Å². The standard InChI is InChI=1S/C30H47F3O2/c1-19(2)7-6-8-20(3)24-11-12-25-23-10-9-21-17-22(35-27(34)18-30(31,32)33)13-15-28(21,4)26(23)14-16-29(24,25)5/h9,19-20,22-26H,6-8,10-18H2,1-5H3/t20-,22-,23+,24-,25+,26+,28-,29-/m0/s1. The summed E-state index contributed by atoms with van der Waals surface area (Å²) in [5, 5.41) is 0. The smallest absolute Gasteiger partial charge is 0.399 e. The highest BCUT2D eigenvalue weighted by atomic mass is 19.4. The Labute approximate surface area is 210 Å². The summed E-state index contributed by atoms with van der Waals surface area (Å²) < 4.78 is 43.0. The van der Waals surface area contributed by atoms with Crippen molar-refractivity contribution < 1.29 is 22.7 Å². The fraction of sp³-hybridized carbons (Fsp3) is 0.900. The molecule has 0 bridgehead atoms. The Balaban J connectivity index is 1.42. The van der Waals surface area contributed by atoms with Gasteiger partial charge in [-0.05, 0) is 91.3 Å². The van der Waals surface area contributed by atoms with Crippen LogP contribution >= 0.6 is 0 Å². The van der Waals surface area contributed by atoms with Crippen LogP contribution in [0.25, 0.3) is 0 Å². The molecule has 0 amide bonds. The Hall–Kier alpha value is -1.00. The Morgan fingerprint density at radius 3 is 2.49 bits per heavy atom. The average Bonchev–Trinajstić information content (AvgIpc) is 3.09. The molecule has 0 aromatic rings. The van der Waals surface area contributed by atoms with E-state index in [0.717, 1.165) is 42.4 Å². The minimum absolute atomic E-state index is 0.109. The first kappa shape index (κ1) is 27.0. The Morgan fingerprint density at radius 1 is 1.06 bits per heavy atom. The van der Waals surface area contributed by atoms with Crippen LogP contribution in [0.1, 0.15) is 112 Å². The number of allylic oxidation sites excluding steroid dienone is 1. The first-order valence-corrected chi connectivity index (χ1v) is 14.3. The Morgan fingerprint density at radius 2 is 1.80 bits per heavy atom. The second-order valence-electron chi connectivity index (χ2n) is 13.4. The minimum atomic E-state index is -4.50. The number of hydrogen-bond donors (Lipinski definition) is 0. The molecule has 3 fully saturated rings. The number of alkyl halides is 3. The van der Waals surface area contributed by atoms with E-state index in [9.17, 15) is 18.0 Å². The SMILES string of the molecule is CC(C)CCC[C@H](C)[C@@H]1CC[C@@H]2[C@H]3CC=C4C[C@@H](OC(=O)CC(F)(F)F)CC[C@]4(C)[C@@H]3CC[C@]21C. The molecule has 3 saturated carbocycles. The third-order valence-corrected chi connectivity index (χ3v) is 10.9. The number of fused-ring (bicyclic) bond motifs is 5. The van der Waals surface area contributed by atoms with Crippen molar-refractivity contribution in [2.24, 2.45) is 46.3 Å². The molecule has 0 spiro atoms. The molecule has 0 radical (unpaired) electrons. The molecular weight excluding hydrogens is 449 g/mol. The summed E-state index contributed by atoms with van der Waals surface area (Å²) in [6.45, 7) is 12.1. The molecule has 2 nitrogen and oxygen atoms in total. The van der Waals surface area contributed by atoms with Gasteiger partial charge in [0.1, 0.15) is 12.5 Å². The van der Waals surface area contributed by atoms with Crippen molar-refractivity contribution in [1.29, 1.82) is 0 Å². The molecule has 0 aromatic heterocycles. The molecule has 8 atom stereocenters. The summed E-state index contributed by atoms with van der Waals surface area (Å²) in [5.41, 5.74) is 1.90. The fourth-order valence-electron chi connectivity index (χ4n) is 9.14. The van der Waals surface area contributed by atoms with E-state index in [-0.39, 0.29) is 5.41 Å². The largest absolute Gasteiger partial charge is 0.462 e. The van der Waals surface area contributed by atoms with Crippen LogP contribution in [-0.2, 0) is 9.53 Å². The van der Waals surface area contributed by atoms with Crippen molar-refractivity contribution in [1.82, 2.24) is 0 Å². The minimum Gasteiger partial charge on any atom is -0.462 e.